The second kappa shape index (κ2) is 8.95. The number of ether oxygens (including phenoxy) is 1. The lowest BCUT2D eigenvalue weighted by molar-refractivity contribution is 0.0600. The first-order chi connectivity index (χ1) is 13.6. The van der Waals surface area contributed by atoms with Crippen molar-refractivity contribution in [2.45, 2.75) is 12.8 Å². The van der Waals surface area contributed by atoms with Crippen LogP contribution < -0.4 is 10.2 Å². The van der Waals surface area contributed by atoms with Crippen molar-refractivity contribution < 1.29 is 14.3 Å². The van der Waals surface area contributed by atoms with Crippen LogP contribution in [0.25, 0.3) is 0 Å². The molecule has 0 aliphatic carbocycles. The van der Waals surface area contributed by atoms with Gasteiger partial charge in [0.25, 0.3) is 5.91 Å². The Morgan fingerprint density at radius 1 is 1.18 bits per heavy atom. The van der Waals surface area contributed by atoms with E-state index in [2.05, 4.69) is 31.0 Å². The number of nitriles is 1. The molecular formula is C20H21N5O3. The van der Waals surface area contributed by atoms with Crippen LogP contribution in [0.4, 0.5) is 5.82 Å². The minimum absolute atomic E-state index is 0.167. The maximum Gasteiger partial charge on any atom is 0.337 e. The zero-order chi connectivity index (χ0) is 19.9. The lowest BCUT2D eigenvalue weighted by Crippen LogP contribution is -2.39. The summed E-state index contributed by atoms with van der Waals surface area (Å²) >= 11 is 0. The van der Waals surface area contributed by atoms with Crippen molar-refractivity contribution in [1.82, 2.24) is 15.3 Å². The molecule has 1 aromatic heterocycles. The Bertz CT molecular complexity index is 883. The SMILES string of the molecule is COC(=O)c1ccc(C(=O)NCC2CCN(c3nccnc3C#N)CC2)cc1. The number of methoxy groups -OCH3 is 1. The lowest BCUT2D eigenvalue weighted by Gasteiger charge is -2.32. The zero-order valence-corrected chi connectivity index (χ0v) is 15.6. The van der Waals surface area contributed by atoms with Crippen LogP contribution in [0.1, 0.15) is 39.3 Å². The molecule has 0 atom stereocenters. The van der Waals surface area contributed by atoms with Gasteiger partial charge in [-0.05, 0) is 43.0 Å². The maximum absolute atomic E-state index is 12.3. The molecule has 144 valence electrons. The fourth-order valence-electron chi connectivity index (χ4n) is 3.20. The summed E-state index contributed by atoms with van der Waals surface area (Å²) in [4.78, 5) is 34.2. The van der Waals surface area contributed by atoms with Gasteiger partial charge in [-0.1, -0.05) is 0 Å². The van der Waals surface area contributed by atoms with E-state index in [0.717, 1.165) is 25.9 Å². The molecule has 1 aliphatic rings. The normalized spacial score (nSPS) is 14.2. The number of aromatic nitrogens is 2. The van der Waals surface area contributed by atoms with Gasteiger partial charge < -0.3 is 15.0 Å². The van der Waals surface area contributed by atoms with Crippen molar-refractivity contribution in [3.8, 4) is 6.07 Å². The fourth-order valence-corrected chi connectivity index (χ4v) is 3.20. The number of benzene rings is 1. The van der Waals surface area contributed by atoms with E-state index in [1.165, 1.54) is 13.3 Å². The number of piperidine rings is 1. The minimum atomic E-state index is -0.429. The van der Waals surface area contributed by atoms with Gasteiger partial charge >= 0.3 is 5.97 Å². The topological polar surface area (TPSA) is 108 Å². The number of carbonyl (C=O) groups is 2. The highest BCUT2D eigenvalue weighted by Crippen LogP contribution is 2.23. The van der Waals surface area contributed by atoms with Crippen LogP contribution in [-0.4, -0.2) is 48.6 Å². The number of carbonyl (C=O) groups excluding carboxylic acids is 2. The second-order valence-electron chi connectivity index (χ2n) is 6.55. The summed E-state index contributed by atoms with van der Waals surface area (Å²) in [6, 6.07) is 8.45. The smallest absolute Gasteiger partial charge is 0.337 e. The highest BCUT2D eigenvalue weighted by atomic mass is 16.5. The van der Waals surface area contributed by atoms with Gasteiger partial charge in [-0.25, -0.2) is 14.8 Å². The van der Waals surface area contributed by atoms with Gasteiger partial charge in [0.2, 0.25) is 0 Å². The number of amides is 1. The standard InChI is InChI=1S/C20H21N5O3/c1-28-20(27)16-4-2-15(3-5-16)19(26)24-13-14-6-10-25(11-7-14)18-17(12-21)22-8-9-23-18/h2-5,8-9,14H,6-7,10-11,13H2,1H3,(H,24,26). The molecule has 0 radical (unpaired) electrons. The van der Waals surface area contributed by atoms with Crippen LogP contribution in [0.2, 0.25) is 0 Å². The molecule has 1 aromatic carbocycles. The first-order valence-corrected chi connectivity index (χ1v) is 9.05. The zero-order valence-electron chi connectivity index (χ0n) is 15.6. The number of hydrogen-bond acceptors (Lipinski definition) is 7. The minimum Gasteiger partial charge on any atom is -0.465 e. The molecule has 8 heteroatoms. The van der Waals surface area contributed by atoms with Crippen molar-refractivity contribution in [2.24, 2.45) is 5.92 Å². The summed E-state index contributed by atoms with van der Waals surface area (Å²) in [5, 5.41) is 12.1. The molecule has 2 aromatic rings. The van der Waals surface area contributed by atoms with Crippen molar-refractivity contribution in [2.75, 3.05) is 31.6 Å². The third kappa shape index (κ3) is 4.43. The van der Waals surface area contributed by atoms with Gasteiger partial charge in [0.1, 0.15) is 6.07 Å². The molecule has 0 spiro atoms. The van der Waals surface area contributed by atoms with Gasteiger partial charge in [-0.3, -0.25) is 4.79 Å². The van der Waals surface area contributed by atoms with Crippen molar-refractivity contribution in [3.05, 3.63) is 53.5 Å². The molecule has 8 nitrogen and oxygen atoms in total. The third-order valence-electron chi connectivity index (χ3n) is 4.82. The maximum atomic E-state index is 12.3. The van der Waals surface area contributed by atoms with Crippen molar-refractivity contribution in [1.29, 1.82) is 5.26 Å². The van der Waals surface area contributed by atoms with Gasteiger partial charge in [0.15, 0.2) is 11.5 Å². The molecular weight excluding hydrogens is 358 g/mol. The summed E-state index contributed by atoms with van der Waals surface area (Å²) in [5.74, 6) is 0.385. The summed E-state index contributed by atoms with van der Waals surface area (Å²) in [6.45, 7) is 2.11. The van der Waals surface area contributed by atoms with Crippen LogP contribution in [0, 0.1) is 17.2 Å². The molecule has 28 heavy (non-hydrogen) atoms. The Hall–Kier alpha value is -3.47. The van der Waals surface area contributed by atoms with Crippen LogP contribution >= 0.6 is 0 Å². The highest BCUT2D eigenvalue weighted by molar-refractivity contribution is 5.96. The predicted octanol–water partition coefficient (Wildman–Crippen LogP) is 1.78. The predicted molar refractivity (Wildman–Crippen MR) is 102 cm³/mol. The molecule has 1 amide bonds. The second-order valence-corrected chi connectivity index (χ2v) is 6.55. The Morgan fingerprint density at radius 2 is 1.82 bits per heavy atom. The Balaban J connectivity index is 1.49. The van der Waals surface area contributed by atoms with Gasteiger partial charge in [-0.15, -0.1) is 0 Å². The molecule has 1 aliphatic heterocycles. The number of anilines is 1. The average molecular weight is 379 g/mol. The number of rotatable bonds is 5. The van der Waals surface area contributed by atoms with Crippen molar-refractivity contribution >= 4 is 17.7 Å². The summed E-state index contributed by atoms with van der Waals surface area (Å²) in [7, 11) is 1.32. The number of hydrogen-bond donors (Lipinski definition) is 1. The van der Waals surface area contributed by atoms with Gasteiger partial charge in [0, 0.05) is 37.6 Å². The number of nitrogens with zero attached hydrogens (tertiary/aromatic N) is 4. The Kier molecular flexibility index (Phi) is 6.17. The van der Waals surface area contributed by atoms with E-state index in [0.29, 0.717) is 35.1 Å². The average Bonchev–Trinajstić information content (AvgIpc) is 2.77. The van der Waals surface area contributed by atoms with E-state index in [-0.39, 0.29) is 5.91 Å². The monoisotopic (exact) mass is 379 g/mol. The summed E-state index contributed by atoms with van der Waals surface area (Å²) in [5.41, 5.74) is 1.25. The third-order valence-corrected chi connectivity index (χ3v) is 4.82. The van der Waals surface area contributed by atoms with Gasteiger partial charge in [-0.2, -0.15) is 5.26 Å². The lowest BCUT2D eigenvalue weighted by atomic mass is 9.96. The molecule has 3 rings (SSSR count). The highest BCUT2D eigenvalue weighted by Gasteiger charge is 2.23. The van der Waals surface area contributed by atoms with E-state index in [1.807, 2.05) is 0 Å². The first kappa shape index (κ1) is 19.3. The molecule has 1 N–H and O–H groups in total. The van der Waals surface area contributed by atoms with E-state index in [1.54, 1.807) is 30.5 Å². The van der Waals surface area contributed by atoms with Crippen LogP contribution in [-0.2, 0) is 4.74 Å². The van der Waals surface area contributed by atoms with Crippen molar-refractivity contribution in [3.63, 3.8) is 0 Å². The fraction of sp³-hybridized carbons (Fsp3) is 0.350. The summed E-state index contributed by atoms with van der Waals surface area (Å²) < 4.78 is 4.65. The van der Waals surface area contributed by atoms with Crippen LogP contribution in [0.3, 0.4) is 0 Å². The van der Waals surface area contributed by atoms with E-state index >= 15 is 0 Å². The molecule has 1 saturated heterocycles. The largest absolute Gasteiger partial charge is 0.465 e. The quantitative estimate of drug-likeness (QED) is 0.789. The van der Waals surface area contributed by atoms with E-state index < -0.39 is 5.97 Å². The van der Waals surface area contributed by atoms with Crippen LogP contribution in [0.15, 0.2) is 36.7 Å². The molecule has 0 unspecified atom stereocenters. The summed E-state index contributed by atoms with van der Waals surface area (Å²) in [6.07, 6.45) is 4.89. The molecule has 0 bridgehead atoms. The number of nitrogens with one attached hydrogen (secondary N) is 1. The van der Waals surface area contributed by atoms with Crippen LogP contribution in [0.5, 0.6) is 0 Å². The first-order valence-electron chi connectivity index (χ1n) is 9.05. The van der Waals surface area contributed by atoms with Gasteiger partial charge in [0.05, 0.1) is 12.7 Å². The molecule has 0 saturated carbocycles. The molecule has 2 heterocycles. The van der Waals surface area contributed by atoms with E-state index in [4.69, 9.17) is 5.26 Å². The number of esters is 1. The Morgan fingerprint density at radius 3 is 2.46 bits per heavy atom. The molecule has 1 fully saturated rings. The van der Waals surface area contributed by atoms with E-state index in [9.17, 15) is 9.59 Å². The Labute approximate surface area is 163 Å².